The van der Waals surface area contributed by atoms with E-state index in [0.29, 0.717) is 30.0 Å². The van der Waals surface area contributed by atoms with Crippen LogP contribution in [0.25, 0.3) is 6.08 Å². The van der Waals surface area contributed by atoms with Gasteiger partial charge in [-0.2, -0.15) is 26.3 Å². The fourth-order valence-corrected chi connectivity index (χ4v) is 2.19. The van der Waals surface area contributed by atoms with Gasteiger partial charge in [-0.25, -0.2) is 0 Å². The number of hydrogen-bond donors (Lipinski definition) is 0. The zero-order valence-corrected chi connectivity index (χ0v) is 13.1. The molecule has 0 aliphatic carbocycles. The Hall–Kier alpha value is -2.77. The Morgan fingerprint density at radius 1 is 0.923 bits per heavy atom. The highest BCUT2D eigenvalue weighted by molar-refractivity contribution is 5.74. The third-order valence-corrected chi connectivity index (χ3v) is 3.36. The van der Waals surface area contributed by atoms with Crippen LogP contribution >= 0.6 is 0 Å². The minimum atomic E-state index is -4.81. The van der Waals surface area contributed by atoms with Gasteiger partial charge in [-0.15, -0.1) is 0 Å². The first-order chi connectivity index (χ1) is 12.1. The van der Waals surface area contributed by atoms with E-state index in [4.69, 9.17) is 4.74 Å². The standard InChI is InChI=1S/C18H12F6O2/c19-17(20,21)14-6-7-16(18(22,23)24)13(10-14)11-26-15-5-1-3-12(9-15)4-2-8-25/h1-10H,11H2/b4-2+. The molecule has 0 saturated heterocycles. The molecule has 0 saturated carbocycles. The molecule has 0 amide bonds. The summed E-state index contributed by atoms with van der Waals surface area (Å²) in [6.07, 6.45) is -6.36. The van der Waals surface area contributed by atoms with Crippen molar-refractivity contribution >= 4 is 12.4 Å². The molecule has 0 aliphatic heterocycles. The number of hydrogen-bond acceptors (Lipinski definition) is 2. The Morgan fingerprint density at radius 2 is 1.65 bits per heavy atom. The maximum absolute atomic E-state index is 13.0. The highest BCUT2D eigenvalue weighted by Crippen LogP contribution is 2.37. The Labute approximate surface area is 144 Å². The predicted octanol–water partition coefficient (Wildman–Crippen LogP) is 5.52. The molecular formula is C18H12F6O2. The molecule has 0 radical (unpaired) electrons. The highest BCUT2D eigenvalue weighted by atomic mass is 19.4. The molecule has 0 N–H and O–H groups in total. The van der Waals surface area contributed by atoms with Gasteiger partial charge in [-0.1, -0.05) is 18.2 Å². The van der Waals surface area contributed by atoms with Crippen LogP contribution in [0.1, 0.15) is 22.3 Å². The fraction of sp³-hybridized carbons (Fsp3) is 0.167. The summed E-state index contributed by atoms with van der Waals surface area (Å²) < 4.78 is 82.6. The van der Waals surface area contributed by atoms with Crippen molar-refractivity contribution < 1.29 is 35.9 Å². The van der Waals surface area contributed by atoms with Gasteiger partial charge in [-0.05, 0) is 42.0 Å². The number of rotatable bonds is 5. The average molecular weight is 374 g/mol. The van der Waals surface area contributed by atoms with Gasteiger partial charge < -0.3 is 4.74 Å². The zero-order valence-electron chi connectivity index (χ0n) is 13.1. The monoisotopic (exact) mass is 374 g/mol. The molecule has 0 spiro atoms. The first kappa shape index (κ1) is 19.6. The van der Waals surface area contributed by atoms with Gasteiger partial charge in [0.25, 0.3) is 0 Å². The van der Waals surface area contributed by atoms with Crippen LogP contribution in [0.5, 0.6) is 5.75 Å². The Bertz CT molecular complexity index is 806. The van der Waals surface area contributed by atoms with Gasteiger partial charge in [0.1, 0.15) is 18.6 Å². The van der Waals surface area contributed by atoms with Crippen LogP contribution in [-0.2, 0) is 23.8 Å². The molecule has 0 aliphatic rings. The summed E-state index contributed by atoms with van der Waals surface area (Å²) in [6, 6.07) is 7.26. The van der Waals surface area contributed by atoms with Crippen LogP contribution < -0.4 is 4.74 Å². The molecule has 0 atom stereocenters. The molecule has 0 unspecified atom stereocenters. The molecule has 8 heteroatoms. The number of ether oxygens (including phenoxy) is 1. The van der Waals surface area contributed by atoms with Crippen molar-refractivity contribution in [1.82, 2.24) is 0 Å². The highest BCUT2D eigenvalue weighted by Gasteiger charge is 2.37. The Balaban J connectivity index is 2.30. The molecule has 2 aromatic rings. The summed E-state index contributed by atoms with van der Waals surface area (Å²) >= 11 is 0. The van der Waals surface area contributed by atoms with Crippen LogP contribution in [0.2, 0.25) is 0 Å². The van der Waals surface area contributed by atoms with Gasteiger partial charge in [0, 0.05) is 5.56 Å². The summed E-state index contributed by atoms with van der Waals surface area (Å²) in [5, 5.41) is 0. The van der Waals surface area contributed by atoms with Crippen molar-refractivity contribution in [1.29, 1.82) is 0 Å². The van der Waals surface area contributed by atoms with Crippen LogP contribution in [-0.4, -0.2) is 6.29 Å². The Kier molecular flexibility index (Phi) is 5.74. The van der Waals surface area contributed by atoms with E-state index in [1.165, 1.54) is 30.4 Å². The maximum Gasteiger partial charge on any atom is 0.416 e. The normalized spacial score (nSPS) is 12.4. The van der Waals surface area contributed by atoms with Gasteiger partial charge in [0.05, 0.1) is 11.1 Å². The second kappa shape index (κ2) is 7.63. The van der Waals surface area contributed by atoms with Crippen LogP contribution in [0.15, 0.2) is 48.5 Å². The van der Waals surface area contributed by atoms with Crippen molar-refractivity contribution in [3.63, 3.8) is 0 Å². The molecular weight excluding hydrogens is 362 g/mol. The zero-order chi connectivity index (χ0) is 19.4. The number of carbonyl (C=O) groups is 1. The van der Waals surface area contributed by atoms with E-state index >= 15 is 0 Å². The van der Waals surface area contributed by atoms with Crippen molar-refractivity contribution in [3.05, 3.63) is 70.8 Å². The van der Waals surface area contributed by atoms with Crippen molar-refractivity contribution in [2.24, 2.45) is 0 Å². The molecule has 0 fully saturated rings. The van der Waals surface area contributed by atoms with Crippen molar-refractivity contribution in [3.8, 4) is 5.75 Å². The lowest BCUT2D eigenvalue weighted by Crippen LogP contribution is -2.14. The quantitative estimate of drug-likeness (QED) is 0.392. The number of allylic oxidation sites excluding steroid dienone is 1. The number of benzene rings is 2. The lowest BCUT2D eigenvalue weighted by molar-refractivity contribution is -0.142. The smallest absolute Gasteiger partial charge is 0.416 e. The Morgan fingerprint density at radius 3 is 2.27 bits per heavy atom. The SMILES string of the molecule is O=C/C=C/c1cccc(OCc2cc(C(F)(F)F)ccc2C(F)(F)F)c1. The molecule has 0 heterocycles. The van der Waals surface area contributed by atoms with Crippen molar-refractivity contribution in [2.75, 3.05) is 0 Å². The van der Waals surface area contributed by atoms with Crippen molar-refractivity contribution in [2.45, 2.75) is 19.0 Å². The van der Waals surface area contributed by atoms with Crippen LogP contribution in [0.4, 0.5) is 26.3 Å². The molecule has 2 nitrogen and oxygen atoms in total. The number of aldehydes is 1. The van der Waals surface area contributed by atoms with E-state index in [9.17, 15) is 31.1 Å². The molecule has 2 rings (SSSR count). The largest absolute Gasteiger partial charge is 0.489 e. The summed E-state index contributed by atoms with van der Waals surface area (Å²) in [5.41, 5.74) is -2.45. The molecule has 0 aromatic heterocycles. The number of alkyl halides is 6. The van der Waals surface area contributed by atoms with Crippen LogP contribution in [0.3, 0.4) is 0 Å². The summed E-state index contributed by atoms with van der Waals surface area (Å²) in [6.45, 7) is -0.695. The second-order valence-electron chi connectivity index (χ2n) is 5.22. The maximum atomic E-state index is 13.0. The summed E-state index contributed by atoms with van der Waals surface area (Å²) in [5.74, 6) is 0.156. The summed E-state index contributed by atoms with van der Waals surface area (Å²) in [7, 11) is 0. The topological polar surface area (TPSA) is 26.3 Å². The molecule has 0 bridgehead atoms. The fourth-order valence-electron chi connectivity index (χ4n) is 2.19. The van der Waals surface area contributed by atoms with Gasteiger partial charge in [-0.3, -0.25) is 4.79 Å². The lowest BCUT2D eigenvalue weighted by Gasteiger charge is -2.16. The third kappa shape index (κ3) is 5.11. The first-order valence-corrected chi connectivity index (χ1v) is 7.23. The van der Waals surface area contributed by atoms with Gasteiger partial charge in [0.15, 0.2) is 0 Å². The van der Waals surface area contributed by atoms with E-state index in [-0.39, 0.29) is 5.75 Å². The van der Waals surface area contributed by atoms with E-state index in [2.05, 4.69) is 0 Å². The number of halogens is 6. The molecule has 138 valence electrons. The lowest BCUT2D eigenvalue weighted by atomic mass is 10.0. The van der Waals surface area contributed by atoms with E-state index in [1.54, 1.807) is 6.07 Å². The van der Waals surface area contributed by atoms with Crippen LogP contribution in [0, 0.1) is 0 Å². The summed E-state index contributed by atoms with van der Waals surface area (Å²) in [4.78, 5) is 10.3. The van der Waals surface area contributed by atoms with Gasteiger partial charge >= 0.3 is 12.4 Å². The number of carbonyl (C=O) groups excluding carboxylic acids is 1. The minimum absolute atomic E-state index is 0.156. The van der Waals surface area contributed by atoms with E-state index in [0.717, 1.165) is 0 Å². The molecule has 26 heavy (non-hydrogen) atoms. The minimum Gasteiger partial charge on any atom is -0.489 e. The van der Waals surface area contributed by atoms with E-state index in [1.807, 2.05) is 0 Å². The molecule has 2 aromatic carbocycles. The van der Waals surface area contributed by atoms with E-state index < -0.39 is 35.6 Å². The van der Waals surface area contributed by atoms with Gasteiger partial charge in [0.2, 0.25) is 0 Å². The second-order valence-corrected chi connectivity index (χ2v) is 5.22. The average Bonchev–Trinajstić information content (AvgIpc) is 2.56. The predicted molar refractivity (Wildman–Crippen MR) is 82.3 cm³/mol. The third-order valence-electron chi connectivity index (χ3n) is 3.36. The first-order valence-electron chi connectivity index (χ1n) is 7.23.